The second kappa shape index (κ2) is 13.3. The summed E-state index contributed by atoms with van der Waals surface area (Å²) < 4.78 is 45.0. The van der Waals surface area contributed by atoms with Crippen LogP contribution in [0.25, 0.3) is 32.7 Å². The molecule has 0 spiro atoms. The average molecular weight is 689 g/mol. The Bertz CT molecular complexity index is 1990. The quantitative estimate of drug-likeness (QED) is 0.0463. The lowest BCUT2D eigenvalue weighted by Crippen LogP contribution is -2.28. The molecule has 2 aromatic heterocycles. The van der Waals surface area contributed by atoms with E-state index in [1.54, 1.807) is 19.3 Å². The van der Waals surface area contributed by atoms with E-state index in [2.05, 4.69) is 36.9 Å². The van der Waals surface area contributed by atoms with Crippen LogP contribution in [0.4, 0.5) is 8.78 Å². The van der Waals surface area contributed by atoms with Gasteiger partial charge in [0.1, 0.15) is 17.2 Å². The Labute approximate surface area is 273 Å². The number of terminal acetylenes is 1. The lowest BCUT2D eigenvalue weighted by Gasteiger charge is -2.28. The number of aromatic amines is 1. The summed E-state index contributed by atoms with van der Waals surface area (Å²) in [5.74, 6) is 2.23. The second-order valence-electron chi connectivity index (χ2n) is 11.6. The molecule has 3 aromatic carbocycles. The summed E-state index contributed by atoms with van der Waals surface area (Å²) in [6.45, 7) is 6.02. The van der Waals surface area contributed by atoms with E-state index in [1.165, 1.54) is 28.9 Å². The van der Waals surface area contributed by atoms with Crippen LogP contribution in [0.5, 0.6) is 11.5 Å². The first-order valence-electron chi connectivity index (χ1n) is 14.5. The minimum atomic E-state index is -0.687. The SMILES string of the molecule is C#CC(C)(C)OCCCC(C)(c1cccc(Br)c1)c1nc(-c2cc(Oc3c(F)cc4[nH]ccc4c3CN=[N+]=[N-])ccc2F)n(C)n1. The molecule has 0 saturated carbocycles. The van der Waals surface area contributed by atoms with Crippen molar-refractivity contribution in [2.45, 2.75) is 51.2 Å². The van der Waals surface area contributed by atoms with E-state index in [1.807, 2.05) is 45.0 Å². The van der Waals surface area contributed by atoms with E-state index in [-0.39, 0.29) is 29.4 Å². The van der Waals surface area contributed by atoms with Crippen molar-refractivity contribution in [3.63, 3.8) is 0 Å². The van der Waals surface area contributed by atoms with Crippen LogP contribution in [0.3, 0.4) is 0 Å². The Hall–Kier alpha value is -4.69. The van der Waals surface area contributed by atoms with Gasteiger partial charge in [0.2, 0.25) is 0 Å². The highest BCUT2D eigenvalue weighted by Crippen LogP contribution is 2.39. The molecule has 12 heteroatoms. The molecule has 1 N–H and O–H groups in total. The van der Waals surface area contributed by atoms with Gasteiger partial charge in [0.05, 0.1) is 17.5 Å². The first-order valence-corrected chi connectivity index (χ1v) is 15.3. The molecule has 0 saturated heterocycles. The summed E-state index contributed by atoms with van der Waals surface area (Å²) in [4.78, 5) is 10.6. The number of rotatable bonds is 12. The molecular weight excluding hydrogens is 656 g/mol. The van der Waals surface area contributed by atoms with Gasteiger partial charge in [-0.2, -0.15) is 5.10 Å². The molecule has 236 valence electrons. The second-order valence-corrected chi connectivity index (χ2v) is 12.5. The molecule has 1 unspecified atom stereocenters. The highest BCUT2D eigenvalue weighted by molar-refractivity contribution is 9.10. The van der Waals surface area contributed by atoms with Gasteiger partial charge in [0.15, 0.2) is 23.2 Å². The minimum Gasteiger partial charge on any atom is -0.454 e. The van der Waals surface area contributed by atoms with Crippen molar-refractivity contribution in [1.29, 1.82) is 0 Å². The number of nitrogens with one attached hydrogen (secondary N) is 1. The number of fused-ring (bicyclic) bond motifs is 1. The average Bonchev–Trinajstić information content (AvgIpc) is 3.66. The number of nitrogens with zero attached hydrogens (tertiary/aromatic N) is 6. The Morgan fingerprint density at radius 1 is 1.13 bits per heavy atom. The third-order valence-electron chi connectivity index (χ3n) is 7.91. The molecule has 1 atom stereocenters. The molecule has 5 aromatic rings. The number of hydrogen-bond acceptors (Lipinski definition) is 5. The maximum Gasteiger partial charge on any atom is 0.168 e. The summed E-state index contributed by atoms with van der Waals surface area (Å²) in [6, 6.07) is 15.0. The first-order chi connectivity index (χ1) is 22.0. The fraction of sp³-hybridized carbons (Fsp3) is 0.294. The number of aryl methyl sites for hydroxylation is 1. The summed E-state index contributed by atoms with van der Waals surface area (Å²) >= 11 is 3.57. The number of benzene rings is 3. The van der Waals surface area contributed by atoms with Crippen molar-refractivity contribution in [2.24, 2.45) is 12.2 Å². The largest absolute Gasteiger partial charge is 0.454 e. The van der Waals surface area contributed by atoms with Crippen molar-refractivity contribution in [1.82, 2.24) is 19.7 Å². The summed E-state index contributed by atoms with van der Waals surface area (Å²) in [5, 5.41) is 9.02. The summed E-state index contributed by atoms with van der Waals surface area (Å²) in [7, 11) is 1.69. The van der Waals surface area contributed by atoms with Crippen LogP contribution < -0.4 is 4.74 Å². The van der Waals surface area contributed by atoms with Gasteiger partial charge in [-0.05, 0) is 81.1 Å². The zero-order valence-corrected chi connectivity index (χ0v) is 27.4. The number of hydrogen-bond donors (Lipinski definition) is 1. The Kier molecular flexibility index (Phi) is 9.49. The van der Waals surface area contributed by atoms with Crippen LogP contribution in [-0.4, -0.2) is 32.0 Å². The molecule has 2 heterocycles. The predicted molar refractivity (Wildman–Crippen MR) is 176 cm³/mol. The number of H-pyrrole nitrogens is 1. The van der Waals surface area contributed by atoms with Gasteiger partial charge in [0.25, 0.3) is 0 Å². The topological polar surface area (TPSA) is 114 Å². The van der Waals surface area contributed by atoms with E-state index in [4.69, 9.17) is 31.5 Å². The minimum absolute atomic E-state index is 0.117. The van der Waals surface area contributed by atoms with Crippen molar-refractivity contribution in [2.75, 3.05) is 6.61 Å². The zero-order chi connectivity index (χ0) is 33.1. The van der Waals surface area contributed by atoms with Gasteiger partial charge >= 0.3 is 0 Å². The lowest BCUT2D eigenvalue weighted by molar-refractivity contribution is 0.0233. The number of ether oxygens (including phenoxy) is 2. The molecule has 9 nitrogen and oxygen atoms in total. The molecule has 46 heavy (non-hydrogen) atoms. The molecule has 0 fully saturated rings. The first kappa shape index (κ1) is 32.7. The predicted octanol–water partition coefficient (Wildman–Crippen LogP) is 9.12. The monoisotopic (exact) mass is 687 g/mol. The van der Waals surface area contributed by atoms with Crippen LogP contribution >= 0.6 is 15.9 Å². The third-order valence-corrected chi connectivity index (χ3v) is 8.40. The van der Waals surface area contributed by atoms with E-state index >= 15 is 8.78 Å². The number of azide groups is 1. The number of halogens is 3. The molecule has 0 radical (unpaired) electrons. The Morgan fingerprint density at radius 2 is 1.93 bits per heavy atom. The van der Waals surface area contributed by atoms with E-state index in [0.29, 0.717) is 41.7 Å². The van der Waals surface area contributed by atoms with Crippen LogP contribution in [-0.2, 0) is 23.7 Å². The third kappa shape index (κ3) is 6.77. The fourth-order valence-electron chi connectivity index (χ4n) is 5.31. The van der Waals surface area contributed by atoms with Crippen molar-refractivity contribution < 1.29 is 18.3 Å². The highest BCUT2D eigenvalue weighted by Gasteiger charge is 2.34. The van der Waals surface area contributed by atoms with Crippen LogP contribution in [0.2, 0.25) is 0 Å². The zero-order valence-electron chi connectivity index (χ0n) is 25.8. The standard InChI is InChI=1S/C34H32BrF2N7O2/c1-6-33(2,3)45-16-8-14-34(4,21-9-7-10-22(35)17-21)32-41-31(44(5)42-32)25-18-23(11-12-27(25)36)46-30-26(20-40-43-38)24-13-15-39-29(24)19-28(30)37/h1,7,9-13,15,17-19,39H,8,14,16,20H2,2-5H3. The Morgan fingerprint density at radius 3 is 2.67 bits per heavy atom. The summed E-state index contributed by atoms with van der Waals surface area (Å²) in [5.41, 5.74) is 9.53. The number of aromatic nitrogens is 4. The van der Waals surface area contributed by atoms with Gasteiger partial charge in [0, 0.05) is 51.8 Å². The maximum absolute atomic E-state index is 15.4. The van der Waals surface area contributed by atoms with E-state index < -0.39 is 22.7 Å². The van der Waals surface area contributed by atoms with Gasteiger partial charge in [-0.25, -0.2) is 18.4 Å². The highest BCUT2D eigenvalue weighted by atomic mass is 79.9. The molecule has 0 aliphatic rings. The van der Waals surface area contributed by atoms with E-state index in [0.717, 1.165) is 10.0 Å². The Balaban J connectivity index is 1.51. The smallest absolute Gasteiger partial charge is 0.168 e. The molecular formula is C34H32BrF2N7O2. The van der Waals surface area contributed by atoms with Crippen LogP contribution in [0.15, 0.2) is 70.4 Å². The summed E-state index contributed by atoms with van der Waals surface area (Å²) in [6.07, 6.45) is 8.52. The maximum atomic E-state index is 15.4. The van der Waals surface area contributed by atoms with Crippen molar-refractivity contribution in [3.8, 4) is 35.2 Å². The van der Waals surface area contributed by atoms with Crippen LogP contribution in [0, 0.1) is 24.0 Å². The van der Waals surface area contributed by atoms with Crippen molar-refractivity contribution in [3.05, 3.63) is 104 Å². The molecule has 0 amide bonds. The fourth-order valence-corrected chi connectivity index (χ4v) is 5.71. The molecule has 0 bridgehead atoms. The van der Waals surface area contributed by atoms with Crippen LogP contribution in [0.1, 0.15) is 50.6 Å². The van der Waals surface area contributed by atoms with Gasteiger partial charge in [-0.1, -0.05) is 39.1 Å². The normalized spacial score (nSPS) is 12.8. The van der Waals surface area contributed by atoms with Crippen molar-refractivity contribution >= 4 is 26.8 Å². The lowest BCUT2D eigenvalue weighted by atomic mass is 9.78. The molecule has 5 rings (SSSR count). The van der Waals surface area contributed by atoms with Gasteiger partial charge in [-0.15, -0.1) is 6.42 Å². The van der Waals surface area contributed by atoms with E-state index in [9.17, 15) is 0 Å². The van der Waals surface area contributed by atoms with Gasteiger partial charge in [-0.3, -0.25) is 0 Å². The molecule has 0 aliphatic carbocycles. The molecule has 0 aliphatic heterocycles. The van der Waals surface area contributed by atoms with Gasteiger partial charge < -0.3 is 14.5 Å².